The molecule has 0 bridgehead atoms. The Hall–Kier alpha value is -2.62. The van der Waals surface area contributed by atoms with Crippen LogP contribution in [-0.4, -0.2) is 23.5 Å². The Labute approximate surface area is 135 Å². The summed E-state index contributed by atoms with van der Waals surface area (Å²) < 4.78 is 0. The van der Waals surface area contributed by atoms with Gasteiger partial charge in [0.15, 0.2) is 0 Å². The predicted octanol–water partition coefficient (Wildman–Crippen LogP) is 3.17. The molecule has 0 saturated carbocycles. The SMILES string of the molecule is O=C(O)CCNC(=O)CCC1c2ccccc2-c2ccccc21. The molecule has 0 radical (unpaired) electrons. The molecule has 1 amide bonds. The van der Waals surface area contributed by atoms with Crippen molar-refractivity contribution in [2.45, 2.75) is 25.2 Å². The van der Waals surface area contributed by atoms with Gasteiger partial charge in [-0.05, 0) is 28.7 Å². The van der Waals surface area contributed by atoms with Gasteiger partial charge in [0.2, 0.25) is 5.91 Å². The Morgan fingerprint density at radius 2 is 1.48 bits per heavy atom. The number of nitrogens with one attached hydrogen (secondary N) is 1. The zero-order chi connectivity index (χ0) is 16.2. The molecule has 0 fully saturated rings. The molecule has 1 aliphatic rings. The van der Waals surface area contributed by atoms with Gasteiger partial charge in [0.25, 0.3) is 0 Å². The molecule has 118 valence electrons. The minimum absolute atomic E-state index is 0.0408. The number of amides is 1. The molecule has 0 saturated heterocycles. The number of carboxylic acid groups (broad SMARTS) is 1. The summed E-state index contributed by atoms with van der Waals surface area (Å²) in [4.78, 5) is 22.4. The molecule has 2 N–H and O–H groups in total. The average Bonchev–Trinajstić information content (AvgIpc) is 2.87. The Balaban J connectivity index is 1.69. The van der Waals surface area contributed by atoms with Gasteiger partial charge >= 0.3 is 5.97 Å². The summed E-state index contributed by atoms with van der Waals surface area (Å²) in [7, 11) is 0. The number of benzene rings is 2. The van der Waals surface area contributed by atoms with Crippen molar-refractivity contribution in [2.24, 2.45) is 0 Å². The standard InChI is InChI=1S/C19H19NO3/c21-18(20-12-11-19(22)23)10-9-17-15-7-3-1-5-13(15)14-6-2-4-8-16(14)17/h1-8,17H,9-12H2,(H,20,21)(H,22,23). The average molecular weight is 309 g/mol. The number of carboxylic acids is 1. The molecule has 2 aromatic carbocycles. The number of aliphatic carboxylic acids is 1. The molecule has 0 spiro atoms. The quantitative estimate of drug-likeness (QED) is 0.861. The zero-order valence-electron chi connectivity index (χ0n) is 12.8. The first-order chi connectivity index (χ1) is 11.2. The highest BCUT2D eigenvalue weighted by Gasteiger charge is 2.27. The van der Waals surface area contributed by atoms with Gasteiger partial charge in [-0.2, -0.15) is 0 Å². The lowest BCUT2D eigenvalue weighted by molar-refractivity contribution is -0.136. The van der Waals surface area contributed by atoms with Gasteiger partial charge < -0.3 is 10.4 Å². The smallest absolute Gasteiger partial charge is 0.305 e. The highest BCUT2D eigenvalue weighted by Crippen LogP contribution is 2.46. The Bertz CT molecular complexity index is 693. The molecule has 1 aliphatic carbocycles. The van der Waals surface area contributed by atoms with E-state index in [1.165, 1.54) is 22.3 Å². The van der Waals surface area contributed by atoms with Crippen LogP contribution in [0.25, 0.3) is 11.1 Å². The fraction of sp³-hybridized carbons (Fsp3) is 0.263. The number of rotatable bonds is 6. The molecule has 2 aromatic rings. The summed E-state index contributed by atoms with van der Waals surface area (Å²) in [5.41, 5.74) is 5.04. The van der Waals surface area contributed by atoms with Crippen LogP contribution in [0, 0.1) is 0 Å². The van der Waals surface area contributed by atoms with Gasteiger partial charge in [-0.3, -0.25) is 9.59 Å². The van der Waals surface area contributed by atoms with Crippen molar-refractivity contribution in [3.8, 4) is 11.1 Å². The minimum Gasteiger partial charge on any atom is -0.481 e. The van der Waals surface area contributed by atoms with Crippen molar-refractivity contribution in [2.75, 3.05) is 6.54 Å². The van der Waals surface area contributed by atoms with Gasteiger partial charge in [-0.25, -0.2) is 0 Å². The van der Waals surface area contributed by atoms with E-state index in [2.05, 4.69) is 29.6 Å². The molecule has 23 heavy (non-hydrogen) atoms. The third-order valence-corrected chi connectivity index (χ3v) is 4.28. The van der Waals surface area contributed by atoms with Gasteiger partial charge in [0.05, 0.1) is 6.42 Å². The van der Waals surface area contributed by atoms with Crippen LogP contribution in [0.5, 0.6) is 0 Å². The van der Waals surface area contributed by atoms with E-state index in [9.17, 15) is 9.59 Å². The lowest BCUT2D eigenvalue weighted by Gasteiger charge is -2.13. The maximum Gasteiger partial charge on any atom is 0.305 e. The molecular formula is C19H19NO3. The van der Waals surface area contributed by atoms with E-state index in [-0.39, 0.29) is 24.8 Å². The van der Waals surface area contributed by atoms with E-state index in [0.29, 0.717) is 6.42 Å². The zero-order valence-corrected chi connectivity index (χ0v) is 12.8. The number of fused-ring (bicyclic) bond motifs is 3. The van der Waals surface area contributed by atoms with Crippen molar-refractivity contribution in [3.63, 3.8) is 0 Å². The number of hydrogen-bond acceptors (Lipinski definition) is 2. The number of hydrogen-bond donors (Lipinski definition) is 2. The highest BCUT2D eigenvalue weighted by molar-refractivity contribution is 5.80. The monoisotopic (exact) mass is 309 g/mol. The molecule has 4 nitrogen and oxygen atoms in total. The van der Waals surface area contributed by atoms with E-state index in [1.807, 2.05) is 24.3 Å². The predicted molar refractivity (Wildman–Crippen MR) is 88.2 cm³/mol. The molecule has 0 atom stereocenters. The third kappa shape index (κ3) is 3.26. The van der Waals surface area contributed by atoms with Crippen LogP contribution in [0.15, 0.2) is 48.5 Å². The van der Waals surface area contributed by atoms with Crippen molar-refractivity contribution in [1.82, 2.24) is 5.32 Å². The maximum atomic E-state index is 11.9. The van der Waals surface area contributed by atoms with E-state index >= 15 is 0 Å². The van der Waals surface area contributed by atoms with Crippen molar-refractivity contribution in [3.05, 3.63) is 59.7 Å². The summed E-state index contributed by atoms with van der Waals surface area (Å²) in [6.07, 6.45) is 1.08. The Kier molecular flexibility index (Phi) is 4.42. The van der Waals surface area contributed by atoms with Crippen molar-refractivity contribution < 1.29 is 14.7 Å². The van der Waals surface area contributed by atoms with Crippen molar-refractivity contribution >= 4 is 11.9 Å². The summed E-state index contributed by atoms with van der Waals surface area (Å²) in [6, 6.07) is 16.6. The third-order valence-electron chi connectivity index (χ3n) is 4.28. The Morgan fingerprint density at radius 1 is 0.913 bits per heavy atom. The fourth-order valence-electron chi connectivity index (χ4n) is 3.24. The molecule has 4 heteroatoms. The van der Waals surface area contributed by atoms with Crippen LogP contribution < -0.4 is 5.32 Å². The van der Waals surface area contributed by atoms with Gasteiger partial charge in [0, 0.05) is 18.9 Å². The minimum atomic E-state index is -0.899. The van der Waals surface area contributed by atoms with Crippen LogP contribution in [-0.2, 0) is 9.59 Å². The van der Waals surface area contributed by atoms with Crippen molar-refractivity contribution in [1.29, 1.82) is 0 Å². The summed E-state index contributed by atoms with van der Waals surface area (Å²) >= 11 is 0. The summed E-state index contributed by atoms with van der Waals surface area (Å²) in [6.45, 7) is 0.187. The topological polar surface area (TPSA) is 66.4 Å². The van der Waals surface area contributed by atoms with Crippen LogP contribution in [0.1, 0.15) is 36.3 Å². The number of carbonyl (C=O) groups excluding carboxylic acids is 1. The van der Waals surface area contributed by atoms with E-state index in [0.717, 1.165) is 6.42 Å². The largest absolute Gasteiger partial charge is 0.481 e. The first-order valence-electron chi connectivity index (χ1n) is 7.83. The van der Waals surface area contributed by atoms with E-state index in [4.69, 9.17) is 5.11 Å². The normalized spacial score (nSPS) is 12.5. The summed E-state index contributed by atoms with van der Waals surface area (Å²) in [5, 5.41) is 11.3. The van der Waals surface area contributed by atoms with E-state index < -0.39 is 5.97 Å². The van der Waals surface area contributed by atoms with Gasteiger partial charge in [-0.15, -0.1) is 0 Å². The molecule has 0 aromatic heterocycles. The number of carbonyl (C=O) groups is 2. The first kappa shape index (κ1) is 15.3. The second-order valence-corrected chi connectivity index (χ2v) is 5.76. The highest BCUT2D eigenvalue weighted by atomic mass is 16.4. The molecular weight excluding hydrogens is 290 g/mol. The van der Waals surface area contributed by atoms with E-state index in [1.54, 1.807) is 0 Å². The maximum absolute atomic E-state index is 11.9. The van der Waals surface area contributed by atoms with Crippen LogP contribution in [0.4, 0.5) is 0 Å². The molecule has 3 rings (SSSR count). The second kappa shape index (κ2) is 6.65. The van der Waals surface area contributed by atoms with Gasteiger partial charge in [0.1, 0.15) is 0 Å². The van der Waals surface area contributed by atoms with Crippen LogP contribution in [0.2, 0.25) is 0 Å². The molecule has 0 unspecified atom stereocenters. The summed E-state index contributed by atoms with van der Waals surface area (Å²) in [5.74, 6) is -0.760. The van der Waals surface area contributed by atoms with Crippen LogP contribution in [0.3, 0.4) is 0 Å². The fourth-order valence-corrected chi connectivity index (χ4v) is 3.24. The molecule has 0 heterocycles. The lowest BCUT2D eigenvalue weighted by Crippen LogP contribution is -2.26. The Morgan fingerprint density at radius 3 is 2.04 bits per heavy atom. The van der Waals surface area contributed by atoms with Crippen LogP contribution >= 0.6 is 0 Å². The lowest BCUT2D eigenvalue weighted by atomic mass is 9.92. The molecule has 0 aliphatic heterocycles. The second-order valence-electron chi connectivity index (χ2n) is 5.76. The first-order valence-corrected chi connectivity index (χ1v) is 7.83. The van der Waals surface area contributed by atoms with Gasteiger partial charge in [-0.1, -0.05) is 48.5 Å².